The van der Waals surface area contributed by atoms with Crippen molar-refractivity contribution in [3.8, 4) is 0 Å². The highest BCUT2D eigenvalue weighted by atomic mass is 16.5. The lowest BCUT2D eigenvalue weighted by Gasteiger charge is -2.34. The molecule has 1 heterocycles. The lowest BCUT2D eigenvalue weighted by molar-refractivity contribution is -0.166. The monoisotopic (exact) mass is 232 g/mol. The Morgan fingerprint density at radius 3 is 2.69 bits per heavy atom. The first kappa shape index (κ1) is 13.1. The van der Waals surface area contributed by atoms with Crippen molar-refractivity contribution in [2.24, 2.45) is 0 Å². The van der Waals surface area contributed by atoms with Crippen molar-refractivity contribution >= 4 is 5.97 Å². The Hall–Kier alpha value is -0.950. The maximum Gasteiger partial charge on any atom is 0.332 e. The van der Waals surface area contributed by atoms with Crippen LogP contribution in [0.25, 0.3) is 0 Å². The molecular formula is C10H16O6. The summed E-state index contributed by atoms with van der Waals surface area (Å²) in [5, 5.41) is 36.3. The fourth-order valence-corrected chi connectivity index (χ4v) is 1.61. The minimum atomic E-state index is -1.37. The van der Waals surface area contributed by atoms with E-state index >= 15 is 0 Å². The van der Waals surface area contributed by atoms with Gasteiger partial charge in [-0.25, -0.2) is 4.79 Å². The molecule has 1 aliphatic rings. The van der Waals surface area contributed by atoms with Crippen molar-refractivity contribution in [3.63, 3.8) is 0 Å². The molecule has 4 atom stereocenters. The maximum atomic E-state index is 10.7. The molecule has 1 rings (SSSR count). The van der Waals surface area contributed by atoms with Gasteiger partial charge in [0, 0.05) is 0 Å². The van der Waals surface area contributed by atoms with E-state index in [4.69, 9.17) is 14.9 Å². The van der Waals surface area contributed by atoms with Crippen molar-refractivity contribution in [2.75, 3.05) is 6.61 Å². The van der Waals surface area contributed by atoms with Gasteiger partial charge in [0.1, 0.15) is 18.3 Å². The number of aliphatic carboxylic acids is 1. The summed E-state index contributed by atoms with van der Waals surface area (Å²) >= 11 is 0. The van der Waals surface area contributed by atoms with Crippen LogP contribution < -0.4 is 0 Å². The van der Waals surface area contributed by atoms with Gasteiger partial charge in [0.25, 0.3) is 0 Å². The molecule has 6 nitrogen and oxygen atoms in total. The summed E-state index contributed by atoms with van der Waals surface area (Å²) in [6.07, 6.45) is -3.97. The summed E-state index contributed by atoms with van der Waals surface area (Å²) in [5.41, 5.74) is 0.525. The molecule has 0 aromatic carbocycles. The molecule has 0 saturated carbocycles. The lowest BCUT2D eigenvalue weighted by Crippen LogP contribution is -2.47. The third kappa shape index (κ3) is 2.79. The van der Waals surface area contributed by atoms with Crippen LogP contribution in [0.1, 0.15) is 12.8 Å². The third-order valence-corrected chi connectivity index (χ3v) is 2.61. The summed E-state index contributed by atoms with van der Waals surface area (Å²) < 4.78 is 5.12. The average molecular weight is 232 g/mol. The van der Waals surface area contributed by atoms with Gasteiger partial charge in [0.15, 0.2) is 6.10 Å². The van der Waals surface area contributed by atoms with E-state index in [0.29, 0.717) is 18.4 Å². The number of aliphatic hydroxyl groups is 3. The second-order valence-electron chi connectivity index (χ2n) is 3.82. The highest BCUT2D eigenvalue weighted by Crippen LogP contribution is 2.26. The Bertz CT molecular complexity index is 276. The Morgan fingerprint density at radius 2 is 2.19 bits per heavy atom. The zero-order valence-electron chi connectivity index (χ0n) is 8.74. The van der Waals surface area contributed by atoms with Crippen molar-refractivity contribution in [1.29, 1.82) is 0 Å². The average Bonchev–Trinajstić information content (AvgIpc) is 2.27. The van der Waals surface area contributed by atoms with Gasteiger partial charge in [0.2, 0.25) is 0 Å². The molecule has 92 valence electrons. The predicted octanol–water partition coefficient (Wildman–Crippen LogP) is -1.11. The summed E-state index contributed by atoms with van der Waals surface area (Å²) in [7, 11) is 0. The minimum Gasteiger partial charge on any atom is -0.479 e. The molecule has 6 heteroatoms. The van der Waals surface area contributed by atoms with E-state index in [2.05, 4.69) is 6.58 Å². The van der Waals surface area contributed by atoms with Gasteiger partial charge in [-0.1, -0.05) is 6.58 Å². The Balaban J connectivity index is 2.69. The summed E-state index contributed by atoms with van der Waals surface area (Å²) in [5.74, 6) is -1.11. The number of carboxylic acid groups (broad SMARTS) is 1. The SMILES string of the molecule is C=C1CCC(C(=O)O)O[C@H]1[C@@H](O)[C@@H](O)CO. The van der Waals surface area contributed by atoms with Gasteiger partial charge in [-0.3, -0.25) is 0 Å². The van der Waals surface area contributed by atoms with E-state index in [1.807, 2.05) is 0 Å². The summed E-state index contributed by atoms with van der Waals surface area (Å²) in [6.45, 7) is 3.04. The van der Waals surface area contributed by atoms with Gasteiger partial charge in [0.05, 0.1) is 6.61 Å². The molecule has 4 N–H and O–H groups in total. The molecule has 0 spiro atoms. The molecule has 1 saturated heterocycles. The molecule has 0 aliphatic carbocycles. The molecule has 0 aromatic heterocycles. The second-order valence-corrected chi connectivity index (χ2v) is 3.82. The van der Waals surface area contributed by atoms with Gasteiger partial charge in [-0.2, -0.15) is 0 Å². The van der Waals surface area contributed by atoms with Crippen LogP contribution in [-0.4, -0.2) is 57.4 Å². The lowest BCUT2D eigenvalue weighted by atomic mass is 9.93. The smallest absolute Gasteiger partial charge is 0.332 e. The van der Waals surface area contributed by atoms with E-state index in [-0.39, 0.29) is 0 Å². The fraction of sp³-hybridized carbons (Fsp3) is 0.700. The van der Waals surface area contributed by atoms with Crippen LogP contribution >= 0.6 is 0 Å². The van der Waals surface area contributed by atoms with Gasteiger partial charge in [-0.05, 0) is 18.4 Å². The highest BCUT2D eigenvalue weighted by Gasteiger charge is 2.36. The molecule has 1 aliphatic heterocycles. The molecule has 0 aromatic rings. The van der Waals surface area contributed by atoms with Crippen LogP contribution in [0.15, 0.2) is 12.2 Å². The summed E-state index contributed by atoms with van der Waals surface area (Å²) in [6, 6.07) is 0. The first-order valence-corrected chi connectivity index (χ1v) is 5.00. The maximum absolute atomic E-state index is 10.7. The number of hydrogen-bond acceptors (Lipinski definition) is 5. The number of carbonyl (C=O) groups is 1. The van der Waals surface area contributed by atoms with E-state index in [9.17, 15) is 15.0 Å². The van der Waals surface area contributed by atoms with Crippen LogP contribution in [0.3, 0.4) is 0 Å². The van der Waals surface area contributed by atoms with Crippen molar-refractivity contribution in [2.45, 2.75) is 37.3 Å². The Morgan fingerprint density at radius 1 is 1.56 bits per heavy atom. The number of carboxylic acids is 1. The molecule has 0 amide bonds. The van der Waals surface area contributed by atoms with E-state index in [1.54, 1.807) is 0 Å². The summed E-state index contributed by atoms with van der Waals surface area (Å²) in [4.78, 5) is 10.7. The highest BCUT2D eigenvalue weighted by molar-refractivity contribution is 5.72. The predicted molar refractivity (Wildman–Crippen MR) is 53.8 cm³/mol. The topological polar surface area (TPSA) is 107 Å². The van der Waals surface area contributed by atoms with Crippen LogP contribution in [0.2, 0.25) is 0 Å². The third-order valence-electron chi connectivity index (χ3n) is 2.61. The first-order chi connectivity index (χ1) is 7.47. The van der Waals surface area contributed by atoms with Crippen molar-refractivity contribution < 1.29 is 30.0 Å². The van der Waals surface area contributed by atoms with Gasteiger partial charge < -0.3 is 25.2 Å². The van der Waals surface area contributed by atoms with E-state index < -0.39 is 37.0 Å². The molecule has 16 heavy (non-hydrogen) atoms. The first-order valence-electron chi connectivity index (χ1n) is 5.00. The molecule has 0 bridgehead atoms. The van der Waals surface area contributed by atoms with Crippen LogP contribution in [0, 0.1) is 0 Å². The Kier molecular flexibility index (Phi) is 4.43. The Labute approximate surface area is 92.8 Å². The molecule has 0 radical (unpaired) electrons. The quantitative estimate of drug-likeness (QED) is 0.458. The van der Waals surface area contributed by atoms with Crippen LogP contribution in [0.4, 0.5) is 0 Å². The molecular weight excluding hydrogens is 216 g/mol. The number of hydrogen-bond donors (Lipinski definition) is 4. The van der Waals surface area contributed by atoms with Crippen LogP contribution in [0.5, 0.6) is 0 Å². The normalized spacial score (nSPS) is 29.8. The zero-order valence-corrected chi connectivity index (χ0v) is 8.74. The van der Waals surface area contributed by atoms with Gasteiger partial charge in [-0.15, -0.1) is 0 Å². The molecule has 1 fully saturated rings. The van der Waals surface area contributed by atoms with Crippen molar-refractivity contribution in [3.05, 3.63) is 12.2 Å². The zero-order chi connectivity index (χ0) is 12.3. The number of ether oxygens (including phenoxy) is 1. The largest absolute Gasteiger partial charge is 0.479 e. The minimum absolute atomic E-state index is 0.298. The van der Waals surface area contributed by atoms with E-state index in [1.165, 1.54) is 0 Å². The van der Waals surface area contributed by atoms with Crippen molar-refractivity contribution in [1.82, 2.24) is 0 Å². The van der Waals surface area contributed by atoms with E-state index in [0.717, 1.165) is 0 Å². The fourth-order valence-electron chi connectivity index (χ4n) is 1.61. The van der Waals surface area contributed by atoms with Gasteiger partial charge >= 0.3 is 5.97 Å². The second kappa shape index (κ2) is 5.40. The number of aliphatic hydroxyl groups excluding tert-OH is 3. The standard InChI is InChI=1S/C10H16O6/c1-5-2-3-7(10(14)15)16-9(5)8(13)6(12)4-11/h6-9,11-13H,1-4H2,(H,14,15)/t6-,7?,8-,9+/m0/s1. The molecule has 1 unspecified atom stereocenters. The van der Waals surface area contributed by atoms with Crippen LogP contribution in [-0.2, 0) is 9.53 Å². The number of rotatable bonds is 4.